The first-order valence-corrected chi connectivity index (χ1v) is 8.28. The first kappa shape index (κ1) is 17.3. The summed E-state index contributed by atoms with van der Waals surface area (Å²) in [5.74, 6) is 0.865. The molecule has 1 aromatic carbocycles. The van der Waals surface area contributed by atoms with E-state index in [4.69, 9.17) is 4.74 Å². The molecular weight excluding hydrogens is 274 g/mol. The molecule has 1 N–H and O–H groups in total. The third-order valence-electron chi connectivity index (χ3n) is 4.96. The predicted molar refractivity (Wildman–Crippen MR) is 91.5 cm³/mol. The Kier molecular flexibility index (Phi) is 4.88. The van der Waals surface area contributed by atoms with E-state index >= 15 is 0 Å². The maximum absolute atomic E-state index is 10.4. The summed E-state index contributed by atoms with van der Waals surface area (Å²) in [6, 6.07) is 6.14. The van der Waals surface area contributed by atoms with Gasteiger partial charge in [0.25, 0.3) is 0 Å². The second-order valence-corrected chi connectivity index (χ2v) is 7.97. The molecule has 0 radical (unpaired) electrons. The summed E-state index contributed by atoms with van der Waals surface area (Å²) in [6.07, 6.45) is 1.87. The van der Waals surface area contributed by atoms with Gasteiger partial charge in [0.1, 0.15) is 18.5 Å². The average Bonchev–Trinajstić information content (AvgIpc) is 2.61. The number of aryl methyl sites for hydroxylation is 2. The number of rotatable bonds is 5. The fourth-order valence-electron chi connectivity index (χ4n) is 3.61. The number of likely N-dealkylation sites (tertiary alicyclic amines) is 1. The maximum Gasteiger partial charge on any atom is 0.122 e. The summed E-state index contributed by atoms with van der Waals surface area (Å²) in [7, 11) is 0. The highest BCUT2D eigenvalue weighted by molar-refractivity contribution is 5.35. The third-order valence-corrected chi connectivity index (χ3v) is 4.96. The van der Waals surface area contributed by atoms with E-state index in [1.54, 1.807) is 0 Å². The molecule has 22 heavy (non-hydrogen) atoms. The second kappa shape index (κ2) is 6.21. The van der Waals surface area contributed by atoms with Crippen molar-refractivity contribution in [1.82, 2.24) is 4.90 Å². The monoisotopic (exact) mass is 305 g/mol. The number of β-amino-alcohol motifs (C(OH)–C–C–N with tert-alkyl or cyclic N) is 1. The first-order valence-electron chi connectivity index (χ1n) is 8.28. The zero-order chi connectivity index (χ0) is 16.5. The molecule has 1 aliphatic heterocycles. The van der Waals surface area contributed by atoms with Gasteiger partial charge in [-0.25, -0.2) is 0 Å². The Morgan fingerprint density at radius 1 is 1.14 bits per heavy atom. The quantitative estimate of drug-likeness (QED) is 0.900. The largest absolute Gasteiger partial charge is 0.491 e. The summed E-state index contributed by atoms with van der Waals surface area (Å²) < 4.78 is 5.82. The van der Waals surface area contributed by atoms with Gasteiger partial charge < -0.3 is 9.84 Å². The van der Waals surface area contributed by atoms with Gasteiger partial charge in [0.15, 0.2) is 0 Å². The molecule has 1 aromatic rings. The molecule has 0 bridgehead atoms. The van der Waals surface area contributed by atoms with E-state index in [1.165, 1.54) is 18.4 Å². The van der Waals surface area contributed by atoms with E-state index in [9.17, 15) is 5.11 Å². The van der Waals surface area contributed by atoms with Gasteiger partial charge in [0.2, 0.25) is 0 Å². The molecule has 0 spiro atoms. The number of nitrogens with zero attached hydrogens (tertiary/aromatic N) is 1. The van der Waals surface area contributed by atoms with Gasteiger partial charge in [-0.15, -0.1) is 0 Å². The van der Waals surface area contributed by atoms with Crippen molar-refractivity contribution < 1.29 is 9.84 Å². The number of benzene rings is 1. The van der Waals surface area contributed by atoms with Gasteiger partial charge in [-0.2, -0.15) is 0 Å². The minimum Gasteiger partial charge on any atom is -0.491 e. The molecule has 3 nitrogen and oxygen atoms in total. The Bertz CT molecular complexity index is 506. The zero-order valence-electron chi connectivity index (χ0n) is 14.9. The number of aliphatic hydroxyl groups excluding tert-OH is 1. The van der Waals surface area contributed by atoms with Crippen molar-refractivity contribution in [3.05, 3.63) is 29.3 Å². The van der Waals surface area contributed by atoms with Crippen LogP contribution in [0.4, 0.5) is 0 Å². The van der Waals surface area contributed by atoms with Crippen LogP contribution in [0.25, 0.3) is 0 Å². The van der Waals surface area contributed by atoms with E-state index in [-0.39, 0.29) is 11.1 Å². The number of hydrogen-bond acceptors (Lipinski definition) is 3. The van der Waals surface area contributed by atoms with Crippen molar-refractivity contribution >= 4 is 0 Å². The number of hydrogen-bond donors (Lipinski definition) is 1. The Morgan fingerprint density at radius 3 is 2.27 bits per heavy atom. The Morgan fingerprint density at radius 2 is 1.73 bits per heavy atom. The van der Waals surface area contributed by atoms with Crippen molar-refractivity contribution in [2.45, 2.75) is 71.6 Å². The summed E-state index contributed by atoms with van der Waals surface area (Å²) in [5.41, 5.74) is 2.63. The van der Waals surface area contributed by atoms with Gasteiger partial charge in [-0.05, 0) is 66.0 Å². The lowest BCUT2D eigenvalue weighted by Crippen LogP contribution is -2.52. The molecule has 1 atom stereocenters. The minimum absolute atomic E-state index is 0.143. The summed E-state index contributed by atoms with van der Waals surface area (Å²) in [4.78, 5) is 2.43. The zero-order valence-corrected chi connectivity index (χ0v) is 14.9. The molecular formula is C19H31NO2. The lowest BCUT2D eigenvalue weighted by atomic mass is 10.0. The van der Waals surface area contributed by atoms with Crippen LogP contribution in [0.15, 0.2) is 18.2 Å². The summed E-state index contributed by atoms with van der Waals surface area (Å²) in [6.45, 7) is 14.2. The average molecular weight is 305 g/mol. The van der Waals surface area contributed by atoms with Gasteiger partial charge in [-0.3, -0.25) is 4.90 Å². The third kappa shape index (κ3) is 3.82. The van der Waals surface area contributed by atoms with Gasteiger partial charge in [-0.1, -0.05) is 17.7 Å². The molecule has 3 heteroatoms. The molecule has 0 saturated carbocycles. The Hall–Kier alpha value is -1.06. The molecule has 2 rings (SSSR count). The lowest BCUT2D eigenvalue weighted by molar-refractivity contribution is 0.00522. The van der Waals surface area contributed by atoms with Crippen molar-refractivity contribution in [3.63, 3.8) is 0 Å². The standard InChI is InChI=1S/C19H31NO2/c1-14-7-8-17(15(2)11-14)22-13-16(21)12-20-18(3,4)9-10-19(20,5)6/h7-8,11,16,21H,9-10,12-13H2,1-6H3. The SMILES string of the molecule is Cc1ccc(OCC(O)CN2C(C)(C)CCC2(C)C)c(C)c1. The second-order valence-electron chi connectivity index (χ2n) is 7.97. The van der Waals surface area contributed by atoms with Crippen molar-refractivity contribution in [3.8, 4) is 5.75 Å². The van der Waals surface area contributed by atoms with E-state index < -0.39 is 6.10 Å². The van der Waals surface area contributed by atoms with Crippen LogP contribution in [0.2, 0.25) is 0 Å². The van der Waals surface area contributed by atoms with Gasteiger partial charge in [0, 0.05) is 17.6 Å². The topological polar surface area (TPSA) is 32.7 Å². The van der Waals surface area contributed by atoms with Crippen LogP contribution in [0.5, 0.6) is 5.75 Å². The fraction of sp³-hybridized carbons (Fsp3) is 0.684. The van der Waals surface area contributed by atoms with E-state index in [2.05, 4.69) is 45.6 Å². The van der Waals surface area contributed by atoms with E-state index in [1.807, 2.05) is 19.1 Å². The maximum atomic E-state index is 10.4. The lowest BCUT2D eigenvalue weighted by Gasteiger charge is -2.41. The molecule has 1 fully saturated rings. The van der Waals surface area contributed by atoms with Crippen LogP contribution in [0.3, 0.4) is 0 Å². The fourth-order valence-corrected chi connectivity index (χ4v) is 3.61. The highest BCUT2D eigenvalue weighted by atomic mass is 16.5. The molecule has 1 saturated heterocycles. The van der Waals surface area contributed by atoms with Gasteiger partial charge >= 0.3 is 0 Å². The summed E-state index contributed by atoms with van der Waals surface area (Å²) in [5, 5.41) is 10.4. The Balaban J connectivity index is 1.94. The molecule has 124 valence electrons. The van der Waals surface area contributed by atoms with Crippen molar-refractivity contribution in [1.29, 1.82) is 0 Å². The highest BCUT2D eigenvalue weighted by Crippen LogP contribution is 2.40. The van der Waals surface area contributed by atoms with Gasteiger partial charge in [0.05, 0.1) is 0 Å². The van der Waals surface area contributed by atoms with Crippen LogP contribution in [0.1, 0.15) is 51.7 Å². The van der Waals surface area contributed by atoms with Crippen molar-refractivity contribution in [2.75, 3.05) is 13.2 Å². The Labute approximate surface area is 135 Å². The normalized spacial score (nSPS) is 21.8. The molecule has 1 aliphatic rings. The number of ether oxygens (including phenoxy) is 1. The van der Waals surface area contributed by atoms with Crippen LogP contribution in [0, 0.1) is 13.8 Å². The van der Waals surface area contributed by atoms with Crippen molar-refractivity contribution in [2.24, 2.45) is 0 Å². The summed E-state index contributed by atoms with van der Waals surface area (Å²) >= 11 is 0. The minimum atomic E-state index is -0.475. The number of aliphatic hydroxyl groups is 1. The molecule has 1 unspecified atom stereocenters. The molecule has 1 heterocycles. The van der Waals surface area contributed by atoms with Crippen LogP contribution in [-0.4, -0.2) is 40.3 Å². The molecule has 0 aliphatic carbocycles. The smallest absolute Gasteiger partial charge is 0.122 e. The van der Waals surface area contributed by atoms with E-state index in [0.717, 1.165) is 11.3 Å². The van der Waals surface area contributed by atoms with E-state index in [0.29, 0.717) is 13.2 Å². The van der Waals surface area contributed by atoms with Crippen LogP contribution in [-0.2, 0) is 0 Å². The highest BCUT2D eigenvalue weighted by Gasteiger charge is 2.44. The van der Waals surface area contributed by atoms with Crippen LogP contribution >= 0.6 is 0 Å². The van der Waals surface area contributed by atoms with Crippen LogP contribution < -0.4 is 4.74 Å². The molecule has 0 aromatic heterocycles. The molecule has 0 amide bonds. The first-order chi connectivity index (χ1) is 10.1. The predicted octanol–water partition coefficient (Wildman–Crippen LogP) is 3.70.